The first-order valence-electron chi connectivity index (χ1n) is 8.87. The fraction of sp³-hybridized carbons (Fsp3) is 1.00. The van der Waals surface area contributed by atoms with Crippen molar-refractivity contribution in [2.75, 3.05) is 25.5 Å². The van der Waals surface area contributed by atoms with Crippen LogP contribution in [0.2, 0.25) is 0 Å². The summed E-state index contributed by atoms with van der Waals surface area (Å²) < 4.78 is 0. The van der Waals surface area contributed by atoms with E-state index in [0.29, 0.717) is 5.41 Å². The Morgan fingerprint density at radius 3 is 2.25 bits per heavy atom. The van der Waals surface area contributed by atoms with Crippen molar-refractivity contribution >= 4 is 15.9 Å². The van der Waals surface area contributed by atoms with Gasteiger partial charge in [-0.2, -0.15) is 0 Å². The maximum Gasteiger partial charge on any atom is 0.0100 e. The number of hydrogen-bond donors (Lipinski definition) is 0. The summed E-state index contributed by atoms with van der Waals surface area (Å²) >= 11 is 3.82. The molecule has 0 aromatic carbocycles. The van der Waals surface area contributed by atoms with E-state index in [1.54, 1.807) is 6.42 Å². The molecule has 2 aliphatic carbocycles. The minimum absolute atomic E-state index is 0.510. The molecule has 0 amide bonds. The molecule has 0 aromatic heterocycles. The Hall–Kier alpha value is 0.440. The number of fused-ring (bicyclic) bond motifs is 2. The molecule has 2 aliphatic rings. The molecule has 0 aromatic rings. The van der Waals surface area contributed by atoms with Gasteiger partial charge in [0.1, 0.15) is 0 Å². The highest BCUT2D eigenvalue weighted by molar-refractivity contribution is 9.09. The maximum atomic E-state index is 3.82. The lowest BCUT2D eigenvalue weighted by molar-refractivity contribution is 0.139. The second kappa shape index (κ2) is 7.63. The normalized spacial score (nSPS) is 29.6. The van der Waals surface area contributed by atoms with E-state index in [2.05, 4.69) is 41.7 Å². The molecule has 1 nitrogen and oxygen atoms in total. The first kappa shape index (κ1) is 16.8. The lowest BCUT2D eigenvalue weighted by Gasteiger charge is -2.37. The van der Waals surface area contributed by atoms with Crippen molar-refractivity contribution in [2.45, 2.75) is 65.2 Å². The van der Waals surface area contributed by atoms with E-state index in [1.807, 2.05) is 0 Å². The molecule has 0 heterocycles. The van der Waals surface area contributed by atoms with Crippen LogP contribution in [-0.4, -0.2) is 30.4 Å². The molecule has 118 valence electrons. The summed E-state index contributed by atoms with van der Waals surface area (Å²) in [4.78, 5) is 2.66. The number of halogens is 1. The van der Waals surface area contributed by atoms with E-state index in [-0.39, 0.29) is 0 Å². The van der Waals surface area contributed by atoms with Crippen molar-refractivity contribution in [3.8, 4) is 0 Å². The van der Waals surface area contributed by atoms with Gasteiger partial charge in [-0.3, -0.25) is 0 Å². The van der Waals surface area contributed by atoms with Crippen molar-refractivity contribution < 1.29 is 0 Å². The SMILES string of the molecule is CCCC(CBr)(CCC)CN(C)CC1CC2CCC1C2. The minimum Gasteiger partial charge on any atom is -0.306 e. The highest BCUT2D eigenvalue weighted by atomic mass is 79.9. The zero-order valence-electron chi connectivity index (χ0n) is 13.8. The third kappa shape index (κ3) is 4.00. The van der Waals surface area contributed by atoms with E-state index in [9.17, 15) is 0 Å². The quantitative estimate of drug-likeness (QED) is 0.511. The van der Waals surface area contributed by atoms with Crippen LogP contribution < -0.4 is 0 Å². The molecular weight excluding hydrogens is 310 g/mol. The first-order valence-corrected chi connectivity index (χ1v) is 9.99. The van der Waals surface area contributed by atoms with Gasteiger partial charge in [-0.15, -0.1) is 0 Å². The molecule has 0 radical (unpaired) electrons. The summed E-state index contributed by atoms with van der Waals surface area (Å²) in [5.41, 5.74) is 0.510. The largest absolute Gasteiger partial charge is 0.306 e. The summed E-state index contributed by atoms with van der Waals surface area (Å²) in [6, 6.07) is 0. The molecule has 2 heteroatoms. The van der Waals surface area contributed by atoms with Crippen LogP contribution in [0.25, 0.3) is 0 Å². The number of hydrogen-bond acceptors (Lipinski definition) is 1. The third-order valence-corrected chi connectivity index (χ3v) is 7.07. The Kier molecular flexibility index (Phi) is 6.41. The number of alkyl halides is 1. The summed E-state index contributed by atoms with van der Waals surface area (Å²) in [6.07, 6.45) is 11.5. The second-order valence-electron chi connectivity index (χ2n) is 7.77. The average Bonchev–Trinajstić information content (AvgIpc) is 3.01. The van der Waals surface area contributed by atoms with Gasteiger partial charge in [-0.1, -0.05) is 49.0 Å². The van der Waals surface area contributed by atoms with Gasteiger partial charge in [0.2, 0.25) is 0 Å². The van der Waals surface area contributed by atoms with Gasteiger partial charge >= 0.3 is 0 Å². The highest BCUT2D eigenvalue weighted by Crippen LogP contribution is 2.48. The first-order chi connectivity index (χ1) is 9.62. The molecule has 0 aliphatic heterocycles. The summed E-state index contributed by atoms with van der Waals surface area (Å²) in [5, 5.41) is 1.17. The molecule has 0 N–H and O–H groups in total. The van der Waals surface area contributed by atoms with Crippen molar-refractivity contribution in [1.82, 2.24) is 4.90 Å². The van der Waals surface area contributed by atoms with E-state index in [4.69, 9.17) is 0 Å². The second-order valence-corrected chi connectivity index (χ2v) is 8.33. The Labute approximate surface area is 135 Å². The molecule has 20 heavy (non-hydrogen) atoms. The van der Waals surface area contributed by atoms with Crippen molar-refractivity contribution in [3.63, 3.8) is 0 Å². The van der Waals surface area contributed by atoms with E-state index in [0.717, 1.165) is 17.8 Å². The van der Waals surface area contributed by atoms with Crippen LogP contribution in [0.5, 0.6) is 0 Å². The lowest BCUT2D eigenvalue weighted by atomic mass is 9.80. The van der Waals surface area contributed by atoms with Crippen LogP contribution in [0, 0.1) is 23.2 Å². The van der Waals surface area contributed by atoms with Gasteiger partial charge in [0.25, 0.3) is 0 Å². The summed E-state index contributed by atoms with van der Waals surface area (Å²) in [7, 11) is 2.37. The van der Waals surface area contributed by atoms with Crippen LogP contribution in [0.1, 0.15) is 65.2 Å². The molecule has 0 saturated heterocycles. The molecule has 2 rings (SSSR count). The lowest BCUT2D eigenvalue weighted by Crippen LogP contribution is -2.40. The van der Waals surface area contributed by atoms with E-state index >= 15 is 0 Å². The molecule has 3 unspecified atom stereocenters. The average molecular weight is 344 g/mol. The van der Waals surface area contributed by atoms with Crippen LogP contribution in [0.3, 0.4) is 0 Å². The van der Waals surface area contributed by atoms with Crippen LogP contribution >= 0.6 is 15.9 Å². The molecule has 3 atom stereocenters. The molecule has 0 spiro atoms. The minimum atomic E-state index is 0.510. The number of nitrogens with zero attached hydrogens (tertiary/aromatic N) is 1. The van der Waals surface area contributed by atoms with Gasteiger partial charge < -0.3 is 4.90 Å². The monoisotopic (exact) mass is 343 g/mol. The molecule has 2 saturated carbocycles. The van der Waals surface area contributed by atoms with Crippen LogP contribution in [0.4, 0.5) is 0 Å². The molecule has 2 bridgehead atoms. The Balaban J connectivity index is 1.85. The van der Waals surface area contributed by atoms with Crippen LogP contribution in [-0.2, 0) is 0 Å². The highest BCUT2D eigenvalue weighted by Gasteiger charge is 2.40. The predicted octanol–water partition coefficient (Wildman–Crippen LogP) is 5.34. The fourth-order valence-electron chi connectivity index (χ4n) is 5.16. The topological polar surface area (TPSA) is 3.24 Å². The van der Waals surface area contributed by atoms with Crippen molar-refractivity contribution in [2.24, 2.45) is 23.2 Å². The standard InChI is InChI=1S/C18H34BrN/c1-4-8-18(13-19,9-5-2)14-20(3)12-17-11-15-6-7-16(17)10-15/h15-17H,4-14H2,1-3H3. The van der Waals surface area contributed by atoms with Gasteiger partial charge in [0, 0.05) is 18.4 Å². The third-order valence-electron chi connectivity index (χ3n) is 5.88. The van der Waals surface area contributed by atoms with Gasteiger partial charge in [0.15, 0.2) is 0 Å². The van der Waals surface area contributed by atoms with Crippen molar-refractivity contribution in [1.29, 1.82) is 0 Å². The fourth-order valence-corrected chi connectivity index (χ4v) is 5.90. The van der Waals surface area contributed by atoms with E-state index < -0.39 is 0 Å². The summed E-state index contributed by atoms with van der Waals surface area (Å²) in [6.45, 7) is 7.31. The molecular formula is C18H34BrN. The molecule has 2 fully saturated rings. The smallest absolute Gasteiger partial charge is 0.0100 e. The van der Waals surface area contributed by atoms with E-state index in [1.165, 1.54) is 63.4 Å². The van der Waals surface area contributed by atoms with Gasteiger partial charge in [0.05, 0.1) is 0 Å². The van der Waals surface area contributed by atoms with Crippen LogP contribution in [0.15, 0.2) is 0 Å². The Morgan fingerprint density at radius 2 is 1.80 bits per heavy atom. The zero-order chi connectivity index (χ0) is 14.6. The Bertz CT molecular complexity index is 285. The zero-order valence-corrected chi connectivity index (χ0v) is 15.4. The number of rotatable bonds is 9. The maximum absolute atomic E-state index is 3.82. The Morgan fingerprint density at radius 1 is 1.10 bits per heavy atom. The predicted molar refractivity (Wildman–Crippen MR) is 92.5 cm³/mol. The van der Waals surface area contributed by atoms with Gasteiger partial charge in [-0.25, -0.2) is 0 Å². The van der Waals surface area contributed by atoms with Crippen molar-refractivity contribution in [3.05, 3.63) is 0 Å². The van der Waals surface area contributed by atoms with Gasteiger partial charge in [-0.05, 0) is 62.3 Å². The summed E-state index contributed by atoms with van der Waals surface area (Å²) in [5.74, 6) is 3.17.